The molecule has 0 bridgehead atoms. The molecule has 2 aromatic carbocycles. The fourth-order valence-corrected chi connectivity index (χ4v) is 3.00. The lowest BCUT2D eigenvalue weighted by Crippen LogP contribution is -2.18. The molecule has 1 N–H and O–H groups in total. The van der Waals surface area contributed by atoms with Gasteiger partial charge < -0.3 is 9.72 Å². The molecule has 0 saturated carbocycles. The normalized spacial score (nSPS) is 12.1. The van der Waals surface area contributed by atoms with Crippen molar-refractivity contribution in [2.75, 3.05) is 5.75 Å². The molecule has 3 aromatic rings. The summed E-state index contributed by atoms with van der Waals surface area (Å²) in [7, 11) is 0. The Bertz CT molecular complexity index is 974. The van der Waals surface area contributed by atoms with Gasteiger partial charge in [0.2, 0.25) is 0 Å². The van der Waals surface area contributed by atoms with Crippen LogP contribution in [0.25, 0.3) is 10.9 Å². The summed E-state index contributed by atoms with van der Waals surface area (Å²) in [5.41, 5.74) is 0.245. The number of nitrogens with one attached hydrogen (secondary N) is 1. The first kappa shape index (κ1) is 17.2. The Morgan fingerprint density at radius 2 is 1.96 bits per heavy atom. The molecule has 1 aromatic heterocycles. The topological polar surface area (TPSA) is 72.0 Å². The number of ether oxygens (including phenoxy) is 1. The van der Waals surface area contributed by atoms with E-state index in [0.29, 0.717) is 15.8 Å². The molecule has 0 fully saturated rings. The van der Waals surface area contributed by atoms with E-state index >= 15 is 0 Å². The molecule has 0 amide bonds. The highest BCUT2D eigenvalue weighted by Crippen LogP contribution is 2.22. The monoisotopic (exact) mass is 358 g/mol. The summed E-state index contributed by atoms with van der Waals surface area (Å²) in [5.74, 6) is -0.665. The van der Waals surface area contributed by atoms with E-state index in [4.69, 9.17) is 4.74 Å². The largest absolute Gasteiger partial charge is 0.454 e. The van der Waals surface area contributed by atoms with E-state index in [2.05, 4.69) is 9.97 Å². The van der Waals surface area contributed by atoms with Gasteiger partial charge in [0, 0.05) is 4.90 Å². The Morgan fingerprint density at radius 3 is 2.76 bits per heavy atom. The molecule has 0 aliphatic carbocycles. The minimum absolute atomic E-state index is 0.0386. The van der Waals surface area contributed by atoms with Gasteiger partial charge in [0.25, 0.3) is 5.56 Å². The van der Waals surface area contributed by atoms with E-state index in [-0.39, 0.29) is 23.0 Å². The Balaban J connectivity index is 1.67. The van der Waals surface area contributed by atoms with Gasteiger partial charge in [-0.25, -0.2) is 9.37 Å². The highest BCUT2D eigenvalue weighted by atomic mass is 32.2. The molecule has 1 atom stereocenters. The zero-order valence-electron chi connectivity index (χ0n) is 13.4. The van der Waals surface area contributed by atoms with Crippen molar-refractivity contribution in [2.24, 2.45) is 0 Å². The number of aromatic nitrogens is 2. The molecule has 0 unspecified atom stereocenters. The number of thioether (sulfide) groups is 1. The van der Waals surface area contributed by atoms with Crippen LogP contribution in [0.4, 0.5) is 4.39 Å². The Hall–Kier alpha value is -2.67. The molecule has 3 rings (SSSR count). The highest BCUT2D eigenvalue weighted by molar-refractivity contribution is 8.00. The molecule has 5 nitrogen and oxygen atoms in total. The number of aromatic amines is 1. The quantitative estimate of drug-likeness (QED) is 0.559. The Morgan fingerprint density at radius 1 is 1.24 bits per heavy atom. The van der Waals surface area contributed by atoms with Crippen LogP contribution in [0.1, 0.15) is 18.9 Å². The predicted molar refractivity (Wildman–Crippen MR) is 94.0 cm³/mol. The zero-order chi connectivity index (χ0) is 17.8. The second-order valence-electron chi connectivity index (χ2n) is 5.32. The molecule has 0 radical (unpaired) electrons. The maximum absolute atomic E-state index is 13.5. The number of halogens is 1. The first-order chi connectivity index (χ1) is 12.0. The van der Waals surface area contributed by atoms with Crippen molar-refractivity contribution in [2.45, 2.75) is 17.9 Å². The Labute approximate surface area is 147 Å². The number of hydrogen-bond acceptors (Lipinski definition) is 5. The maximum Gasteiger partial charge on any atom is 0.316 e. The summed E-state index contributed by atoms with van der Waals surface area (Å²) >= 11 is 1.06. The third-order valence-corrected chi connectivity index (χ3v) is 4.53. The van der Waals surface area contributed by atoms with Crippen molar-refractivity contribution in [3.63, 3.8) is 0 Å². The first-order valence-corrected chi connectivity index (χ1v) is 8.59. The smallest absolute Gasteiger partial charge is 0.316 e. The summed E-state index contributed by atoms with van der Waals surface area (Å²) in [6.45, 7) is 1.62. The lowest BCUT2D eigenvalue weighted by molar-refractivity contribution is -0.145. The lowest BCUT2D eigenvalue weighted by Gasteiger charge is -2.13. The molecular weight excluding hydrogens is 343 g/mol. The number of fused-ring (bicyclic) bond motifs is 1. The van der Waals surface area contributed by atoms with Crippen LogP contribution < -0.4 is 5.56 Å². The lowest BCUT2D eigenvalue weighted by atomic mass is 10.2. The summed E-state index contributed by atoms with van der Waals surface area (Å²) in [4.78, 5) is 31.4. The van der Waals surface area contributed by atoms with E-state index < -0.39 is 12.1 Å². The van der Waals surface area contributed by atoms with E-state index in [0.717, 1.165) is 11.8 Å². The minimum Gasteiger partial charge on any atom is -0.454 e. The number of esters is 1. The van der Waals surface area contributed by atoms with Crippen molar-refractivity contribution in [3.05, 3.63) is 70.5 Å². The number of benzene rings is 2. The first-order valence-electron chi connectivity index (χ1n) is 7.60. The third-order valence-electron chi connectivity index (χ3n) is 3.51. The van der Waals surface area contributed by atoms with Crippen molar-refractivity contribution in [3.8, 4) is 0 Å². The minimum atomic E-state index is -0.717. The maximum atomic E-state index is 13.5. The van der Waals surface area contributed by atoms with Gasteiger partial charge in [0.05, 0.1) is 16.7 Å². The van der Waals surface area contributed by atoms with Gasteiger partial charge in [0.1, 0.15) is 5.82 Å². The van der Waals surface area contributed by atoms with Crippen molar-refractivity contribution in [1.82, 2.24) is 9.97 Å². The molecule has 128 valence electrons. The molecule has 25 heavy (non-hydrogen) atoms. The number of carbonyl (C=O) groups is 1. The molecule has 0 spiro atoms. The van der Waals surface area contributed by atoms with Gasteiger partial charge in [-0.15, -0.1) is 11.8 Å². The highest BCUT2D eigenvalue weighted by Gasteiger charge is 2.16. The van der Waals surface area contributed by atoms with E-state index in [1.807, 2.05) is 0 Å². The third kappa shape index (κ3) is 4.06. The van der Waals surface area contributed by atoms with Crippen LogP contribution >= 0.6 is 11.8 Å². The van der Waals surface area contributed by atoms with Gasteiger partial charge in [-0.2, -0.15) is 0 Å². The van der Waals surface area contributed by atoms with Crippen LogP contribution in [0, 0.1) is 5.82 Å². The molecule has 7 heteroatoms. The van der Waals surface area contributed by atoms with Crippen LogP contribution in [-0.4, -0.2) is 21.7 Å². The van der Waals surface area contributed by atoms with Gasteiger partial charge in [-0.3, -0.25) is 9.59 Å². The zero-order valence-corrected chi connectivity index (χ0v) is 14.2. The fourth-order valence-electron chi connectivity index (χ4n) is 2.28. The average Bonchev–Trinajstić information content (AvgIpc) is 2.61. The van der Waals surface area contributed by atoms with Crippen LogP contribution in [0.5, 0.6) is 0 Å². The number of hydrogen-bond donors (Lipinski definition) is 1. The summed E-state index contributed by atoms with van der Waals surface area (Å²) < 4.78 is 18.8. The number of H-pyrrole nitrogens is 1. The number of para-hydroxylation sites is 1. The number of nitrogens with zero attached hydrogens (tertiary/aromatic N) is 1. The fraction of sp³-hybridized carbons (Fsp3) is 0.167. The number of rotatable bonds is 5. The van der Waals surface area contributed by atoms with Gasteiger partial charge in [-0.1, -0.05) is 24.3 Å². The van der Waals surface area contributed by atoms with E-state index in [1.54, 1.807) is 49.4 Å². The number of carbonyl (C=O) groups excluding carboxylic acids is 1. The van der Waals surface area contributed by atoms with Crippen LogP contribution in [0.3, 0.4) is 0 Å². The average molecular weight is 358 g/mol. The van der Waals surface area contributed by atoms with Crippen molar-refractivity contribution in [1.29, 1.82) is 0 Å². The molecule has 0 aliphatic heterocycles. The molecule has 0 aliphatic rings. The summed E-state index contributed by atoms with van der Waals surface area (Å²) in [6, 6.07) is 13.1. The second kappa shape index (κ2) is 7.48. The van der Waals surface area contributed by atoms with Gasteiger partial charge in [-0.05, 0) is 31.2 Å². The Kier molecular flexibility index (Phi) is 5.14. The van der Waals surface area contributed by atoms with Gasteiger partial charge >= 0.3 is 5.97 Å². The summed E-state index contributed by atoms with van der Waals surface area (Å²) in [6.07, 6.45) is -0.717. The van der Waals surface area contributed by atoms with Crippen LogP contribution in [0.2, 0.25) is 0 Å². The summed E-state index contributed by atoms with van der Waals surface area (Å²) in [5, 5.41) is 0.472. The SMILES string of the molecule is C[C@@H](OC(=O)CSc1ccccc1F)c1nc2ccccc2c(=O)[nH]1. The van der Waals surface area contributed by atoms with Gasteiger partial charge in [0.15, 0.2) is 11.9 Å². The van der Waals surface area contributed by atoms with E-state index in [9.17, 15) is 14.0 Å². The standard InChI is InChI=1S/C18H15FN2O3S/c1-11(17-20-14-8-4-2-6-12(14)18(23)21-17)24-16(22)10-25-15-9-5-3-7-13(15)19/h2-9,11H,10H2,1H3,(H,20,21,23)/t11-/m1/s1. The molecule has 1 heterocycles. The van der Waals surface area contributed by atoms with E-state index in [1.165, 1.54) is 6.07 Å². The molecule has 0 saturated heterocycles. The molecular formula is C18H15FN2O3S. The van der Waals surface area contributed by atoms with Crippen LogP contribution in [0.15, 0.2) is 58.2 Å². The van der Waals surface area contributed by atoms with Crippen LogP contribution in [-0.2, 0) is 9.53 Å². The second-order valence-corrected chi connectivity index (χ2v) is 6.34. The van der Waals surface area contributed by atoms with Crippen molar-refractivity contribution < 1.29 is 13.9 Å². The predicted octanol–water partition coefficient (Wildman–Crippen LogP) is 3.46. The van der Waals surface area contributed by atoms with Crippen molar-refractivity contribution >= 4 is 28.6 Å².